The van der Waals surface area contributed by atoms with E-state index >= 15 is 0 Å². The number of likely N-dealkylation sites (N-methyl/N-ethyl adjacent to an activating group) is 1. The van der Waals surface area contributed by atoms with Crippen LogP contribution in [0.1, 0.15) is 149 Å². The Morgan fingerprint density at radius 2 is 1.48 bits per heavy atom. The summed E-state index contributed by atoms with van der Waals surface area (Å²) in [6, 6.07) is 4.50. The van der Waals surface area contributed by atoms with Crippen LogP contribution in [0.3, 0.4) is 0 Å². The van der Waals surface area contributed by atoms with E-state index < -0.39 is 90.1 Å². The molecule has 1 saturated carbocycles. The third-order valence-corrected chi connectivity index (χ3v) is 23.6. The first kappa shape index (κ1) is 94.5. The first-order chi connectivity index (χ1) is 58.8. The number of unbranched alkanes of at least 4 members (excludes halogenated alkanes) is 1. The lowest BCUT2D eigenvalue weighted by Gasteiger charge is -2.37. The van der Waals surface area contributed by atoms with Crippen molar-refractivity contribution in [2.75, 3.05) is 130 Å². The minimum atomic E-state index is -1.67. The Morgan fingerprint density at radius 1 is 0.721 bits per heavy atom. The van der Waals surface area contributed by atoms with Crippen molar-refractivity contribution in [2.24, 2.45) is 23.7 Å². The highest BCUT2D eigenvalue weighted by molar-refractivity contribution is 6.38. The van der Waals surface area contributed by atoms with Gasteiger partial charge in [0.15, 0.2) is 17.0 Å². The Morgan fingerprint density at radius 3 is 2.25 bits per heavy atom. The maximum Gasteiger partial charge on any atom is 0.407 e. The molecule has 2 unspecified atom stereocenters. The number of aliphatic hydroxyl groups is 2. The quantitative estimate of drug-likeness (QED) is 0.0113. The van der Waals surface area contributed by atoms with Crippen molar-refractivity contribution in [3.05, 3.63) is 90.1 Å². The Balaban J connectivity index is 0.610. The molecule has 4 fully saturated rings. The zero-order chi connectivity index (χ0) is 87.4. The number of aliphatic hydroxyl groups excluding tert-OH is 2. The highest BCUT2D eigenvalue weighted by Gasteiger charge is 2.43. The third-order valence-electron chi connectivity index (χ3n) is 23.6. The standard InChI is InChI=1S/C87H126N16O19/c1-54-18-11-10-12-19-55(2)69(114-7)46-62-20-17-22-68(119-62)79(109)83(111)102-32-15-13-21-65(102)84(112)120-63(47-70(115-8)56(3)43-58(5)78(108)80(110)77(107)57(4)42-54)26-23-59-24-27-67(71(44-59)116-9)122-87(113)94-50-60-48-92-86(93-49-60)101-36-34-100(35-37-101)74(106)52-99(6)51-73(105)91-31-39-118-41-40-117-38-29-72(104)90-30-14-16-33-103-82-75(81(88)95-53-96-82)76(98-103)61-25-28-66-64(45-61)97-85(89)121-66/h10-12,18-19,25,28,43,45,48-49,53-54,56-57,59,62-63,65,67-71,78,80,108,110H,13-17,20-24,26-27,29-42,44,46-47,50-52H2,1-9H3,(H2,89,97)(H,90,104)(H,91,105)(H,94,113)(H2,88,95,96)/b12-10?,18-11+,55-19?,58-43+/t54-,56-,57-,59-,62?,63-,65+,67-,68?,69+,70-,71-,78-,80+/m1/s1. The number of allylic oxidation sites excluding steroid dienone is 5. The maximum atomic E-state index is 14.7. The Labute approximate surface area is 713 Å². The van der Waals surface area contributed by atoms with Crippen LogP contribution >= 0.6 is 0 Å². The number of carbonyl (C=O) groups excluding carboxylic acids is 8. The van der Waals surface area contributed by atoms with Crippen LogP contribution in [-0.2, 0) is 84.5 Å². The second-order valence-electron chi connectivity index (χ2n) is 32.8. The summed E-state index contributed by atoms with van der Waals surface area (Å²) in [4.78, 5) is 138. The zero-order valence-corrected chi connectivity index (χ0v) is 72.0. The number of nitrogens with zero attached hydrogens (tertiary/aromatic N) is 11. The second kappa shape index (κ2) is 47.2. The summed E-state index contributed by atoms with van der Waals surface area (Å²) in [6.45, 7) is 13.7. The van der Waals surface area contributed by atoms with Crippen LogP contribution < -0.4 is 32.3 Å². The number of nitrogens with two attached hydrogens (primary N) is 2. The van der Waals surface area contributed by atoms with Gasteiger partial charge in [0, 0.05) is 135 Å². The highest BCUT2D eigenvalue weighted by atomic mass is 16.6. The SMILES string of the molecule is CO[C@H]1CC2CCCC(O2)C(=O)C(=O)N2CCCC[C@H]2C(=O)O[C@H](CC[C@@H]2CC[C@@H](OC(=O)NCc3cnc(N4CCN(C(=O)CN(C)CC(=O)NCCOCCOCCC(=O)NCCCCn5nc(-c6ccc7oc(N)nc7c6)c6c(N)ncnc65)CC4)nc3)[C@H](OC)C2)C[C@@H](OC)[C@H](C)/C=C(\C)[C@@H](O)[C@@H](O)C(=O)[C@H](C)C[C@H](C)/C=C/C=CC=C1C. The summed E-state index contributed by atoms with van der Waals surface area (Å²) in [5.74, 6) is -3.24. The Kier molecular flexibility index (Phi) is 36.6. The number of amides is 5. The van der Waals surface area contributed by atoms with Gasteiger partial charge in [-0.05, 0) is 152 Å². The molecule has 668 valence electrons. The minimum Gasteiger partial charge on any atom is -0.461 e. The van der Waals surface area contributed by atoms with Gasteiger partial charge >= 0.3 is 12.1 Å². The van der Waals surface area contributed by atoms with Crippen molar-refractivity contribution in [1.82, 2.24) is 65.4 Å². The number of hydrogen-bond acceptors (Lipinski definition) is 29. The molecule has 4 aromatic heterocycles. The molecule has 35 heteroatoms. The number of methoxy groups -OCH3 is 3. The number of ketones is 2. The van der Waals surface area contributed by atoms with Crippen LogP contribution in [0, 0.1) is 23.7 Å². The number of aryl methyl sites for hydroxylation is 1. The number of fused-ring (bicyclic) bond motifs is 5. The number of rotatable bonds is 29. The number of benzene rings is 1. The number of nitrogens with one attached hydrogen (secondary N) is 3. The van der Waals surface area contributed by atoms with E-state index in [4.69, 9.17) is 58.9 Å². The van der Waals surface area contributed by atoms with Gasteiger partial charge in [0.1, 0.15) is 59.9 Å². The number of cyclic esters (lactones) is 1. The summed E-state index contributed by atoms with van der Waals surface area (Å²) in [6.07, 6.45) is 16.8. The van der Waals surface area contributed by atoms with E-state index in [0.29, 0.717) is 186 Å². The van der Waals surface area contributed by atoms with E-state index in [9.17, 15) is 48.6 Å². The number of nitrogen functional groups attached to an aromatic ring is 2. The number of carbonyl (C=O) groups is 8. The van der Waals surface area contributed by atoms with Gasteiger partial charge in [-0.15, -0.1) is 0 Å². The second-order valence-corrected chi connectivity index (χ2v) is 32.8. The molecular weight excluding hydrogens is 1570 g/mol. The van der Waals surface area contributed by atoms with Crippen LogP contribution in [0.4, 0.5) is 22.6 Å². The number of ether oxygens (including phenoxy) is 8. The summed E-state index contributed by atoms with van der Waals surface area (Å²) in [5, 5.41) is 36.7. The predicted octanol–water partition coefficient (Wildman–Crippen LogP) is 6.71. The number of piperidine rings is 1. The number of anilines is 3. The van der Waals surface area contributed by atoms with Crippen LogP contribution in [0.2, 0.25) is 0 Å². The number of alkyl carbamates (subject to hydrolysis) is 1. The summed E-state index contributed by atoms with van der Waals surface area (Å²) in [5.41, 5.74) is 17.1. The molecule has 1 aromatic carbocycles. The smallest absolute Gasteiger partial charge is 0.407 e. The molecular formula is C87H126N16O19. The number of piperazine rings is 1. The van der Waals surface area contributed by atoms with Gasteiger partial charge < -0.3 is 94.6 Å². The largest absolute Gasteiger partial charge is 0.461 e. The first-order valence-electron chi connectivity index (χ1n) is 43.0. The molecule has 0 radical (unpaired) electrons. The van der Waals surface area contributed by atoms with E-state index in [0.717, 1.165) is 11.1 Å². The van der Waals surface area contributed by atoms with Crippen LogP contribution in [-0.4, -0.2) is 282 Å². The van der Waals surface area contributed by atoms with Crippen molar-refractivity contribution in [2.45, 2.75) is 218 Å². The average Bonchev–Trinajstić information content (AvgIpc) is 1.61. The Bertz CT molecular complexity index is 4410. The normalized spacial score (nSPS) is 26.1. The molecule has 5 aromatic rings. The lowest BCUT2D eigenvalue weighted by atomic mass is 9.81. The lowest BCUT2D eigenvalue weighted by molar-refractivity contribution is -0.168. The average molecular weight is 1700 g/mol. The summed E-state index contributed by atoms with van der Waals surface area (Å²) < 4.78 is 55.2. The molecule has 5 aliphatic rings. The number of oxazole rings is 1. The van der Waals surface area contributed by atoms with E-state index in [2.05, 4.69) is 40.9 Å². The molecule has 4 aliphatic heterocycles. The van der Waals surface area contributed by atoms with Crippen LogP contribution in [0.25, 0.3) is 33.4 Å². The van der Waals surface area contributed by atoms with Crippen molar-refractivity contribution < 1.29 is 90.9 Å². The van der Waals surface area contributed by atoms with Crippen LogP contribution in [0.15, 0.2) is 88.9 Å². The van der Waals surface area contributed by atoms with Gasteiger partial charge in [-0.2, -0.15) is 10.1 Å². The van der Waals surface area contributed by atoms with Crippen molar-refractivity contribution in [3.63, 3.8) is 0 Å². The molecule has 122 heavy (non-hydrogen) atoms. The predicted molar refractivity (Wildman–Crippen MR) is 454 cm³/mol. The molecule has 2 bridgehead atoms. The summed E-state index contributed by atoms with van der Waals surface area (Å²) in [7, 11) is 6.45. The molecule has 1 aliphatic carbocycles. The number of esters is 1. The maximum absolute atomic E-state index is 14.7. The molecule has 9 N–H and O–H groups in total. The van der Waals surface area contributed by atoms with E-state index in [1.54, 1.807) is 81.2 Å². The topological polar surface area (TPSA) is 447 Å². The number of Topliss-reactive ketones (excluding diaryl/α,β-unsaturated/α-hetero) is 2. The minimum absolute atomic E-state index is 0.00946. The van der Waals surface area contributed by atoms with E-state index in [-0.39, 0.29) is 120 Å². The van der Waals surface area contributed by atoms with Gasteiger partial charge in [0.25, 0.3) is 11.9 Å². The monoisotopic (exact) mass is 1700 g/mol. The summed E-state index contributed by atoms with van der Waals surface area (Å²) >= 11 is 0. The van der Waals surface area contributed by atoms with Crippen molar-refractivity contribution >= 4 is 87.2 Å². The lowest BCUT2D eigenvalue weighted by Crippen LogP contribution is -2.54. The third kappa shape index (κ3) is 27.4. The van der Waals surface area contributed by atoms with Crippen molar-refractivity contribution in [1.29, 1.82) is 0 Å². The van der Waals surface area contributed by atoms with Gasteiger partial charge in [-0.3, -0.25) is 33.7 Å². The van der Waals surface area contributed by atoms with Gasteiger partial charge in [-0.1, -0.05) is 57.2 Å². The van der Waals surface area contributed by atoms with E-state index in [1.165, 1.54) is 11.2 Å². The van der Waals surface area contributed by atoms with E-state index in [1.807, 2.05) is 68.2 Å². The van der Waals surface area contributed by atoms with Gasteiger partial charge in [-0.25, -0.2) is 34.2 Å². The fraction of sp³-hybridized carbons (Fsp3) is 0.632. The van der Waals surface area contributed by atoms with Gasteiger partial charge in [0.05, 0.1) is 69.3 Å². The fourth-order valence-electron chi connectivity index (χ4n) is 16.6. The molecule has 5 amide bonds. The zero-order valence-electron chi connectivity index (χ0n) is 72.0. The number of aromatic nitrogens is 7. The van der Waals surface area contributed by atoms with Gasteiger partial charge in [0.2, 0.25) is 29.5 Å². The molecule has 3 saturated heterocycles. The fourth-order valence-corrected chi connectivity index (χ4v) is 16.6. The van der Waals surface area contributed by atoms with Crippen LogP contribution in [0.5, 0.6) is 0 Å². The first-order valence-corrected chi connectivity index (χ1v) is 43.0. The molecule has 8 heterocycles. The van der Waals surface area contributed by atoms with Crippen molar-refractivity contribution in [3.8, 4) is 11.3 Å². The molecule has 14 atom stereocenters. The highest BCUT2D eigenvalue weighted by Crippen LogP contribution is 2.37. The molecule has 0 spiro atoms. The molecule has 35 nitrogen and oxygen atoms in total. The Hall–Kier alpha value is -9.72. The number of hydrogen-bond donors (Lipinski definition) is 7. The molecule has 10 rings (SSSR count).